The first-order valence-corrected chi connectivity index (χ1v) is 8.86. The molecule has 8 heteroatoms. The van der Waals surface area contributed by atoms with Crippen LogP contribution >= 0.6 is 0 Å². The number of aliphatic imine (C=N–C) groups is 1. The van der Waals surface area contributed by atoms with Gasteiger partial charge in [-0.05, 0) is 39.2 Å². The number of hydrogen-bond acceptors (Lipinski definition) is 4. The number of aryl methyl sites for hydroxylation is 3. The Bertz CT molecular complexity index is 770. The Morgan fingerprint density at radius 3 is 2.80 bits per heavy atom. The zero-order valence-electron chi connectivity index (χ0n) is 15.8. The number of aromatic nitrogens is 5. The van der Waals surface area contributed by atoms with Crippen LogP contribution in [0.5, 0.6) is 0 Å². The van der Waals surface area contributed by atoms with Crippen molar-refractivity contribution < 1.29 is 0 Å². The lowest BCUT2D eigenvalue weighted by Gasteiger charge is -2.18. The second kappa shape index (κ2) is 7.25. The SMILES string of the molecule is CN=C(NCc1nnc2n1CCC2)NC(C)Cc1c(C)nn(C)c1C. The summed E-state index contributed by atoms with van der Waals surface area (Å²) in [5.41, 5.74) is 3.61. The molecule has 1 aliphatic heterocycles. The van der Waals surface area contributed by atoms with E-state index >= 15 is 0 Å². The lowest BCUT2D eigenvalue weighted by molar-refractivity contribution is 0.621. The van der Waals surface area contributed by atoms with Crippen LogP contribution in [0.2, 0.25) is 0 Å². The maximum Gasteiger partial charge on any atom is 0.191 e. The lowest BCUT2D eigenvalue weighted by Crippen LogP contribution is -2.43. The third kappa shape index (κ3) is 3.67. The molecule has 0 radical (unpaired) electrons. The molecule has 2 N–H and O–H groups in total. The van der Waals surface area contributed by atoms with Crippen molar-refractivity contribution in [2.45, 2.75) is 59.2 Å². The molecule has 0 amide bonds. The van der Waals surface area contributed by atoms with Gasteiger partial charge in [-0.15, -0.1) is 10.2 Å². The normalized spacial score (nSPS) is 15.3. The van der Waals surface area contributed by atoms with Crippen molar-refractivity contribution in [3.8, 4) is 0 Å². The average Bonchev–Trinajstić information content (AvgIpc) is 3.24. The van der Waals surface area contributed by atoms with Crippen molar-refractivity contribution >= 4 is 5.96 Å². The van der Waals surface area contributed by atoms with E-state index in [4.69, 9.17) is 0 Å². The second-order valence-corrected chi connectivity index (χ2v) is 6.74. The molecule has 0 spiro atoms. The van der Waals surface area contributed by atoms with Crippen LogP contribution in [0.1, 0.15) is 41.9 Å². The third-order valence-electron chi connectivity index (χ3n) is 4.88. The molecule has 25 heavy (non-hydrogen) atoms. The second-order valence-electron chi connectivity index (χ2n) is 6.74. The predicted molar refractivity (Wildman–Crippen MR) is 97.5 cm³/mol. The van der Waals surface area contributed by atoms with Gasteiger partial charge in [0.1, 0.15) is 5.82 Å². The van der Waals surface area contributed by atoms with Gasteiger partial charge in [0.2, 0.25) is 0 Å². The number of rotatable bonds is 5. The zero-order chi connectivity index (χ0) is 18.0. The number of fused-ring (bicyclic) bond motifs is 1. The summed E-state index contributed by atoms with van der Waals surface area (Å²) < 4.78 is 4.14. The third-order valence-corrected chi connectivity index (χ3v) is 4.88. The van der Waals surface area contributed by atoms with Gasteiger partial charge in [0.15, 0.2) is 11.8 Å². The van der Waals surface area contributed by atoms with Crippen LogP contribution in [0.4, 0.5) is 0 Å². The van der Waals surface area contributed by atoms with Crippen LogP contribution < -0.4 is 10.6 Å². The molecule has 136 valence electrons. The molecular weight excluding hydrogens is 316 g/mol. The van der Waals surface area contributed by atoms with E-state index in [2.05, 4.69) is 56.3 Å². The molecule has 0 saturated carbocycles. The van der Waals surface area contributed by atoms with Gasteiger partial charge in [0.25, 0.3) is 0 Å². The quantitative estimate of drug-likeness (QED) is 0.621. The minimum Gasteiger partial charge on any atom is -0.354 e. The zero-order valence-corrected chi connectivity index (χ0v) is 15.8. The van der Waals surface area contributed by atoms with Gasteiger partial charge >= 0.3 is 0 Å². The average molecular weight is 344 g/mol. The number of guanidine groups is 1. The maximum absolute atomic E-state index is 4.49. The van der Waals surface area contributed by atoms with Crippen molar-refractivity contribution in [1.29, 1.82) is 0 Å². The number of hydrogen-bond donors (Lipinski definition) is 2. The summed E-state index contributed by atoms with van der Waals surface area (Å²) in [7, 11) is 3.78. The molecule has 1 aliphatic rings. The summed E-state index contributed by atoms with van der Waals surface area (Å²) in [6.45, 7) is 7.98. The molecule has 3 rings (SSSR count). The van der Waals surface area contributed by atoms with Gasteiger partial charge in [0.05, 0.1) is 12.2 Å². The van der Waals surface area contributed by atoms with Gasteiger partial charge in [0, 0.05) is 38.8 Å². The van der Waals surface area contributed by atoms with Crippen LogP contribution in [0.25, 0.3) is 0 Å². The van der Waals surface area contributed by atoms with Crippen molar-refractivity contribution in [3.63, 3.8) is 0 Å². The fraction of sp³-hybridized carbons (Fsp3) is 0.647. The Kier molecular flexibility index (Phi) is 5.06. The largest absolute Gasteiger partial charge is 0.354 e. The first kappa shape index (κ1) is 17.4. The minimum absolute atomic E-state index is 0.247. The highest BCUT2D eigenvalue weighted by atomic mass is 15.3. The molecule has 0 aliphatic carbocycles. The van der Waals surface area contributed by atoms with E-state index in [1.165, 1.54) is 11.3 Å². The van der Waals surface area contributed by atoms with Gasteiger partial charge in [-0.1, -0.05) is 0 Å². The highest BCUT2D eigenvalue weighted by Gasteiger charge is 2.18. The predicted octanol–water partition coefficient (Wildman–Crippen LogP) is 0.871. The Balaban J connectivity index is 1.56. The van der Waals surface area contributed by atoms with E-state index in [-0.39, 0.29) is 6.04 Å². The highest BCUT2D eigenvalue weighted by molar-refractivity contribution is 5.79. The summed E-state index contributed by atoms with van der Waals surface area (Å²) in [4.78, 5) is 4.33. The van der Waals surface area contributed by atoms with Crippen LogP contribution in [-0.4, -0.2) is 43.6 Å². The number of nitrogens with one attached hydrogen (secondary N) is 2. The molecule has 1 unspecified atom stereocenters. The Morgan fingerprint density at radius 1 is 1.32 bits per heavy atom. The summed E-state index contributed by atoms with van der Waals surface area (Å²) in [5, 5.41) is 19.8. The molecule has 2 aromatic rings. The highest BCUT2D eigenvalue weighted by Crippen LogP contribution is 2.15. The monoisotopic (exact) mass is 344 g/mol. The molecule has 3 heterocycles. The maximum atomic E-state index is 4.49. The Morgan fingerprint density at radius 2 is 2.12 bits per heavy atom. The van der Waals surface area contributed by atoms with Gasteiger partial charge in [-0.25, -0.2) is 0 Å². The summed E-state index contributed by atoms with van der Waals surface area (Å²) in [6, 6.07) is 0.247. The molecule has 0 aromatic carbocycles. The molecule has 0 bridgehead atoms. The van der Waals surface area contributed by atoms with E-state index < -0.39 is 0 Å². The van der Waals surface area contributed by atoms with E-state index in [0.29, 0.717) is 6.54 Å². The summed E-state index contributed by atoms with van der Waals surface area (Å²) in [6.07, 6.45) is 3.10. The van der Waals surface area contributed by atoms with E-state index in [1.807, 2.05) is 11.7 Å². The minimum atomic E-state index is 0.247. The van der Waals surface area contributed by atoms with Crippen molar-refractivity contribution in [2.75, 3.05) is 7.05 Å². The van der Waals surface area contributed by atoms with E-state index in [0.717, 1.165) is 49.1 Å². The first-order chi connectivity index (χ1) is 12.0. The molecule has 1 atom stereocenters. The van der Waals surface area contributed by atoms with Crippen molar-refractivity contribution in [1.82, 2.24) is 35.2 Å². The smallest absolute Gasteiger partial charge is 0.191 e. The van der Waals surface area contributed by atoms with Crippen LogP contribution in [0, 0.1) is 13.8 Å². The Hall–Kier alpha value is -2.38. The fourth-order valence-corrected chi connectivity index (χ4v) is 3.40. The van der Waals surface area contributed by atoms with Gasteiger partial charge in [-0.2, -0.15) is 5.10 Å². The van der Waals surface area contributed by atoms with Gasteiger partial charge < -0.3 is 15.2 Å². The van der Waals surface area contributed by atoms with Crippen molar-refractivity contribution in [2.24, 2.45) is 12.0 Å². The molecule has 0 fully saturated rings. The van der Waals surface area contributed by atoms with Crippen molar-refractivity contribution in [3.05, 3.63) is 28.6 Å². The number of nitrogens with zero attached hydrogens (tertiary/aromatic N) is 6. The van der Waals surface area contributed by atoms with Gasteiger partial charge in [-0.3, -0.25) is 9.67 Å². The standard InChI is InChI=1S/C17H28N8/c1-11(9-14-12(2)23-24(5)13(14)3)20-17(18-4)19-10-16-22-21-15-7-6-8-25(15)16/h11H,6-10H2,1-5H3,(H2,18,19,20). The molecular formula is C17H28N8. The van der Waals surface area contributed by atoms with Crippen LogP contribution in [-0.2, 0) is 33.0 Å². The molecule has 8 nitrogen and oxygen atoms in total. The lowest BCUT2D eigenvalue weighted by atomic mass is 10.1. The summed E-state index contributed by atoms with van der Waals surface area (Å²) >= 11 is 0. The molecule has 0 saturated heterocycles. The van der Waals surface area contributed by atoms with Crippen LogP contribution in [0.15, 0.2) is 4.99 Å². The first-order valence-electron chi connectivity index (χ1n) is 8.86. The van der Waals surface area contributed by atoms with E-state index in [1.54, 1.807) is 7.05 Å². The fourth-order valence-electron chi connectivity index (χ4n) is 3.40. The topological polar surface area (TPSA) is 84.9 Å². The molecule has 2 aromatic heterocycles. The Labute approximate surface area is 148 Å². The summed E-state index contributed by atoms with van der Waals surface area (Å²) in [5.74, 6) is 2.85. The van der Waals surface area contributed by atoms with Crippen LogP contribution in [0.3, 0.4) is 0 Å². The van der Waals surface area contributed by atoms with E-state index in [9.17, 15) is 0 Å².